The lowest BCUT2D eigenvalue weighted by Gasteiger charge is -2.38. The van der Waals surface area contributed by atoms with Gasteiger partial charge in [0, 0.05) is 15.8 Å². The second kappa shape index (κ2) is 11.5. The van der Waals surface area contributed by atoms with Crippen molar-refractivity contribution in [3.05, 3.63) is 53.6 Å². The molecule has 11 heteroatoms. The number of nitrogens with zero attached hydrogens (tertiary/aromatic N) is 1. The van der Waals surface area contributed by atoms with Gasteiger partial charge in [-0.05, 0) is 55.7 Å². The Morgan fingerprint density at radius 2 is 1.88 bits per heavy atom. The number of amides is 3. The number of para-hydroxylation sites is 1. The highest BCUT2D eigenvalue weighted by Crippen LogP contribution is 2.68. The Morgan fingerprint density at radius 3 is 2.50 bits per heavy atom. The van der Waals surface area contributed by atoms with Crippen molar-refractivity contribution < 1.29 is 24.2 Å². The molecule has 0 aromatic heterocycles. The van der Waals surface area contributed by atoms with Gasteiger partial charge in [0.05, 0.1) is 46.5 Å². The van der Waals surface area contributed by atoms with Crippen LogP contribution in [0.5, 0.6) is 5.75 Å². The number of likely N-dealkylation sites (tertiary alicyclic amines) is 1. The van der Waals surface area contributed by atoms with Crippen molar-refractivity contribution in [2.24, 2.45) is 17.8 Å². The molecule has 0 saturated carbocycles. The highest BCUT2D eigenvalue weighted by atomic mass is 79.9. The Labute approximate surface area is 251 Å². The number of aliphatic hydroxyl groups is 1. The maximum Gasteiger partial charge on any atom is 0.248 e. The molecule has 5 rings (SSSR count). The summed E-state index contributed by atoms with van der Waals surface area (Å²) >= 11 is 11.7. The second-order valence-electron chi connectivity index (χ2n) is 10.8. The van der Waals surface area contributed by atoms with Crippen molar-refractivity contribution >= 4 is 68.4 Å². The Hall–Kier alpha value is -2.27. The number of halogens is 2. The normalized spacial score (nSPS) is 29.4. The zero-order valence-electron chi connectivity index (χ0n) is 22.5. The number of fused-ring (bicyclic) bond motifs is 1. The Kier molecular flexibility index (Phi) is 8.44. The lowest BCUT2D eigenvalue weighted by Crippen LogP contribution is -2.56. The first-order chi connectivity index (χ1) is 19.1. The first-order valence-corrected chi connectivity index (χ1v) is 15.6. The molecule has 8 nitrogen and oxygen atoms in total. The van der Waals surface area contributed by atoms with Gasteiger partial charge in [-0.25, -0.2) is 0 Å². The molecule has 2 aromatic carbocycles. The number of thioether (sulfide) groups is 1. The van der Waals surface area contributed by atoms with E-state index in [0.29, 0.717) is 35.2 Å². The molecule has 214 valence electrons. The number of carbonyl (C=O) groups is 3. The van der Waals surface area contributed by atoms with Gasteiger partial charge < -0.3 is 25.4 Å². The van der Waals surface area contributed by atoms with Crippen molar-refractivity contribution in [1.82, 2.24) is 4.90 Å². The van der Waals surface area contributed by atoms with E-state index in [1.54, 1.807) is 65.2 Å². The second-order valence-corrected chi connectivity index (χ2v) is 13.9. The standard InChI is InChI=1S/C29H33BrClN3O5S/c1-4-39-17-11-9-16(10-12-17)32-26(36)22-23-28(38)34(21(14-35)15(2)3)25(29(23)13-18(30)24(22)40-29)27(37)33-20-8-6-5-7-19(20)31/h5-12,15,18,21-25,35H,4,13-14H2,1-3H3,(H,32,36)(H,33,37)/t18?,21-,22+,23-,24+,25?,29?/m0/s1. The summed E-state index contributed by atoms with van der Waals surface area (Å²) in [7, 11) is 0. The Bertz CT molecular complexity index is 1300. The number of hydrogen-bond donors (Lipinski definition) is 3. The summed E-state index contributed by atoms with van der Waals surface area (Å²) in [4.78, 5) is 43.7. The summed E-state index contributed by atoms with van der Waals surface area (Å²) in [5.41, 5.74) is 1.05. The van der Waals surface area contributed by atoms with Crippen LogP contribution in [0.1, 0.15) is 27.2 Å². The molecule has 3 amide bonds. The number of hydrogen-bond acceptors (Lipinski definition) is 6. The molecule has 0 aliphatic carbocycles. The maximum absolute atomic E-state index is 14.3. The fourth-order valence-electron chi connectivity index (χ4n) is 6.43. The highest BCUT2D eigenvalue weighted by molar-refractivity contribution is 9.09. The highest BCUT2D eigenvalue weighted by Gasteiger charge is 2.76. The Morgan fingerprint density at radius 1 is 1.18 bits per heavy atom. The third kappa shape index (κ3) is 4.91. The van der Waals surface area contributed by atoms with Crippen LogP contribution in [-0.2, 0) is 14.4 Å². The number of aliphatic hydroxyl groups excluding tert-OH is 1. The zero-order valence-corrected chi connectivity index (χ0v) is 25.6. The molecule has 3 fully saturated rings. The van der Waals surface area contributed by atoms with Crippen LogP contribution in [0, 0.1) is 17.8 Å². The molecule has 7 atom stereocenters. The molecule has 1 spiro atoms. The molecule has 3 N–H and O–H groups in total. The minimum atomic E-state index is -0.890. The van der Waals surface area contributed by atoms with Crippen molar-refractivity contribution in [3.63, 3.8) is 0 Å². The van der Waals surface area contributed by atoms with Gasteiger partial charge in [-0.15, -0.1) is 11.8 Å². The van der Waals surface area contributed by atoms with Crippen LogP contribution in [0.25, 0.3) is 0 Å². The summed E-state index contributed by atoms with van der Waals surface area (Å²) < 4.78 is 4.66. The monoisotopic (exact) mass is 649 g/mol. The topological polar surface area (TPSA) is 108 Å². The van der Waals surface area contributed by atoms with Crippen LogP contribution in [0.15, 0.2) is 48.5 Å². The van der Waals surface area contributed by atoms with Crippen molar-refractivity contribution in [1.29, 1.82) is 0 Å². The van der Waals surface area contributed by atoms with Gasteiger partial charge in [0.2, 0.25) is 17.7 Å². The molecule has 3 heterocycles. The van der Waals surface area contributed by atoms with Gasteiger partial charge in [-0.2, -0.15) is 0 Å². The average Bonchev–Trinajstić information content (AvgIpc) is 3.50. The van der Waals surface area contributed by atoms with E-state index in [1.807, 2.05) is 20.8 Å². The van der Waals surface area contributed by atoms with Gasteiger partial charge in [0.25, 0.3) is 0 Å². The van der Waals surface area contributed by atoms with E-state index in [2.05, 4.69) is 26.6 Å². The van der Waals surface area contributed by atoms with Gasteiger partial charge >= 0.3 is 0 Å². The lowest BCUT2D eigenvalue weighted by molar-refractivity contribution is -0.142. The molecule has 3 aliphatic rings. The van der Waals surface area contributed by atoms with E-state index in [1.165, 1.54) is 0 Å². The van der Waals surface area contributed by atoms with Crippen LogP contribution in [0.4, 0.5) is 11.4 Å². The number of benzene rings is 2. The third-order valence-corrected chi connectivity index (χ3v) is 11.7. The van der Waals surface area contributed by atoms with Gasteiger partial charge in [-0.1, -0.05) is 53.5 Å². The molecule has 40 heavy (non-hydrogen) atoms. The number of rotatable bonds is 9. The van der Waals surface area contributed by atoms with Crippen molar-refractivity contribution in [2.75, 3.05) is 23.8 Å². The Balaban J connectivity index is 1.50. The van der Waals surface area contributed by atoms with Gasteiger partial charge in [-0.3, -0.25) is 14.4 Å². The number of nitrogens with one attached hydrogen (secondary N) is 2. The van der Waals surface area contributed by atoms with Crippen LogP contribution in [-0.4, -0.2) is 67.8 Å². The smallest absolute Gasteiger partial charge is 0.248 e. The molecule has 3 aliphatic heterocycles. The van der Waals surface area contributed by atoms with Crippen molar-refractivity contribution in [2.45, 2.75) is 54.1 Å². The SMILES string of the molecule is CCOc1ccc(NC(=O)[C@H]2[C@@H]3SC4(CC3Br)C(C(=O)Nc3ccccc3Cl)N([C@@H](CO)C(C)C)C(=O)[C@H]24)cc1. The van der Waals surface area contributed by atoms with Crippen LogP contribution in [0.3, 0.4) is 0 Å². The van der Waals surface area contributed by atoms with Gasteiger partial charge in [0.15, 0.2) is 0 Å². The maximum atomic E-state index is 14.3. The largest absolute Gasteiger partial charge is 0.494 e. The van der Waals surface area contributed by atoms with Crippen LogP contribution >= 0.6 is 39.3 Å². The molecule has 2 bridgehead atoms. The molecule has 2 aromatic rings. The number of anilines is 2. The summed E-state index contributed by atoms with van der Waals surface area (Å²) in [5.74, 6) is -1.69. The lowest BCUT2D eigenvalue weighted by atomic mass is 9.70. The third-order valence-electron chi connectivity index (χ3n) is 8.16. The van der Waals surface area contributed by atoms with E-state index in [-0.39, 0.29) is 40.3 Å². The van der Waals surface area contributed by atoms with Crippen molar-refractivity contribution in [3.8, 4) is 5.75 Å². The fraction of sp³-hybridized carbons (Fsp3) is 0.483. The predicted octanol–water partition coefficient (Wildman–Crippen LogP) is 4.80. The molecule has 3 unspecified atom stereocenters. The first kappa shape index (κ1) is 29.2. The van der Waals surface area contributed by atoms with E-state index >= 15 is 0 Å². The van der Waals surface area contributed by atoms with Gasteiger partial charge in [0.1, 0.15) is 11.8 Å². The molecule has 3 saturated heterocycles. The zero-order chi connectivity index (χ0) is 28.8. The van der Waals surface area contributed by atoms with E-state index in [9.17, 15) is 19.5 Å². The molecular formula is C29H33BrClN3O5S. The summed E-state index contributed by atoms with van der Waals surface area (Å²) in [6.07, 6.45) is 0.541. The molecule has 0 radical (unpaired) electrons. The van der Waals surface area contributed by atoms with E-state index in [4.69, 9.17) is 16.3 Å². The summed E-state index contributed by atoms with van der Waals surface area (Å²) in [5, 5.41) is 16.5. The number of alkyl halides is 1. The summed E-state index contributed by atoms with van der Waals surface area (Å²) in [6, 6.07) is 12.6. The quantitative estimate of drug-likeness (QED) is 0.337. The predicted molar refractivity (Wildman–Crippen MR) is 161 cm³/mol. The van der Waals surface area contributed by atoms with E-state index in [0.717, 1.165) is 0 Å². The number of carbonyl (C=O) groups excluding carboxylic acids is 3. The summed E-state index contributed by atoms with van der Waals surface area (Å²) in [6.45, 7) is 5.97. The average molecular weight is 651 g/mol. The van der Waals surface area contributed by atoms with E-state index < -0.39 is 28.7 Å². The minimum Gasteiger partial charge on any atom is -0.494 e. The fourth-order valence-corrected chi connectivity index (χ4v) is 10.2. The molecular weight excluding hydrogens is 618 g/mol. The first-order valence-electron chi connectivity index (χ1n) is 13.5. The van der Waals surface area contributed by atoms with Crippen LogP contribution < -0.4 is 15.4 Å². The minimum absolute atomic E-state index is 0.0696. The van der Waals surface area contributed by atoms with Crippen LogP contribution in [0.2, 0.25) is 5.02 Å². The number of ether oxygens (including phenoxy) is 1.